The largest absolute Gasteiger partial charge is 0.241 e. The Morgan fingerprint density at radius 1 is 1.56 bits per heavy atom. The summed E-state index contributed by atoms with van der Waals surface area (Å²) in [4.78, 5) is 4.22. The zero-order chi connectivity index (χ0) is 13.1. The van der Waals surface area contributed by atoms with Gasteiger partial charge in [-0.1, -0.05) is 15.9 Å². The van der Waals surface area contributed by atoms with Gasteiger partial charge in [-0.05, 0) is 31.2 Å². The number of aryl methyl sites for hydroxylation is 1. The molecule has 2 nitrogen and oxygen atoms in total. The Morgan fingerprint density at radius 3 is 2.94 bits per heavy atom. The van der Waals surface area contributed by atoms with E-state index in [-0.39, 0.29) is 5.82 Å². The quantitative estimate of drug-likeness (QED) is 0.767. The number of hydrogen-bond donors (Lipinski definition) is 0. The SMILES string of the molecule is Cc1csc(/C(C#N)=C/c2cc(Br)ccc2F)n1. The molecule has 0 saturated heterocycles. The summed E-state index contributed by atoms with van der Waals surface area (Å²) in [5, 5.41) is 11.6. The molecule has 1 aromatic heterocycles. The number of aromatic nitrogens is 1. The molecule has 0 radical (unpaired) electrons. The molecule has 18 heavy (non-hydrogen) atoms. The first-order valence-corrected chi connectivity index (χ1v) is 6.77. The summed E-state index contributed by atoms with van der Waals surface area (Å²) in [6.07, 6.45) is 1.51. The minimum Gasteiger partial charge on any atom is -0.241 e. The minimum absolute atomic E-state index is 0.362. The molecule has 0 fully saturated rings. The monoisotopic (exact) mass is 322 g/mol. The molecular formula is C13H8BrFN2S. The lowest BCUT2D eigenvalue weighted by atomic mass is 10.1. The smallest absolute Gasteiger partial charge is 0.134 e. The van der Waals surface area contributed by atoms with Gasteiger partial charge in [0.25, 0.3) is 0 Å². The third-order valence-corrected chi connectivity index (χ3v) is 3.71. The molecule has 0 unspecified atom stereocenters. The van der Waals surface area contributed by atoms with E-state index >= 15 is 0 Å². The molecule has 0 saturated carbocycles. The van der Waals surface area contributed by atoms with Crippen molar-refractivity contribution in [2.45, 2.75) is 6.92 Å². The average Bonchev–Trinajstić information content (AvgIpc) is 2.77. The van der Waals surface area contributed by atoms with Gasteiger partial charge in [-0.25, -0.2) is 9.37 Å². The molecule has 5 heteroatoms. The molecule has 1 aromatic carbocycles. The molecule has 0 aliphatic rings. The lowest BCUT2D eigenvalue weighted by molar-refractivity contribution is 0.625. The summed E-state index contributed by atoms with van der Waals surface area (Å²) in [5.41, 5.74) is 1.59. The molecular weight excluding hydrogens is 315 g/mol. The molecule has 90 valence electrons. The van der Waals surface area contributed by atoms with Crippen LogP contribution in [0.15, 0.2) is 28.1 Å². The molecule has 2 rings (SSSR count). The highest BCUT2D eigenvalue weighted by Gasteiger charge is 2.08. The van der Waals surface area contributed by atoms with Crippen molar-refractivity contribution in [2.75, 3.05) is 0 Å². The van der Waals surface area contributed by atoms with Gasteiger partial charge in [0.1, 0.15) is 16.9 Å². The van der Waals surface area contributed by atoms with E-state index in [1.54, 1.807) is 12.1 Å². The molecule has 0 atom stereocenters. The second-order valence-corrected chi connectivity index (χ2v) is 5.40. The van der Waals surface area contributed by atoms with Crippen LogP contribution in [-0.2, 0) is 0 Å². The number of allylic oxidation sites excluding steroid dienone is 1. The normalized spacial score (nSPS) is 11.3. The summed E-state index contributed by atoms with van der Waals surface area (Å²) in [5.74, 6) is -0.362. The highest BCUT2D eigenvalue weighted by atomic mass is 79.9. The topological polar surface area (TPSA) is 36.7 Å². The van der Waals surface area contributed by atoms with Crippen LogP contribution in [0.5, 0.6) is 0 Å². The van der Waals surface area contributed by atoms with Gasteiger partial charge in [-0.15, -0.1) is 11.3 Å². The summed E-state index contributed by atoms with van der Waals surface area (Å²) in [6.45, 7) is 1.86. The summed E-state index contributed by atoms with van der Waals surface area (Å²) < 4.78 is 14.4. The number of benzene rings is 1. The molecule has 0 aliphatic heterocycles. The Bertz CT molecular complexity index is 655. The number of hydrogen-bond acceptors (Lipinski definition) is 3. The van der Waals surface area contributed by atoms with Gasteiger partial charge in [0.15, 0.2) is 0 Å². The number of thiazole rings is 1. The maximum Gasteiger partial charge on any atom is 0.134 e. The van der Waals surface area contributed by atoms with Crippen LogP contribution in [0, 0.1) is 24.1 Å². The zero-order valence-electron chi connectivity index (χ0n) is 9.45. The van der Waals surface area contributed by atoms with Crippen molar-refractivity contribution in [3.8, 4) is 6.07 Å². The molecule has 0 spiro atoms. The zero-order valence-corrected chi connectivity index (χ0v) is 11.8. The Morgan fingerprint density at radius 2 is 2.33 bits per heavy atom. The van der Waals surface area contributed by atoms with Crippen LogP contribution in [0.2, 0.25) is 0 Å². The number of rotatable bonds is 2. The van der Waals surface area contributed by atoms with E-state index in [0.29, 0.717) is 16.1 Å². The van der Waals surface area contributed by atoms with Crippen molar-refractivity contribution in [3.05, 3.63) is 50.1 Å². The van der Waals surface area contributed by atoms with Gasteiger partial charge < -0.3 is 0 Å². The predicted octanol–water partition coefficient (Wildman–Crippen LogP) is 4.42. The third-order valence-electron chi connectivity index (χ3n) is 2.23. The van der Waals surface area contributed by atoms with Crippen LogP contribution in [0.25, 0.3) is 11.6 Å². The Hall–Kier alpha value is -1.51. The predicted molar refractivity (Wildman–Crippen MR) is 74.4 cm³/mol. The fraction of sp³-hybridized carbons (Fsp3) is 0.0769. The van der Waals surface area contributed by atoms with Crippen LogP contribution in [0.4, 0.5) is 4.39 Å². The van der Waals surface area contributed by atoms with Crippen LogP contribution < -0.4 is 0 Å². The maximum absolute atomic E-state index is 13.6. The van der Waals surface area contributed by atoms with Crippen molar-refractivity contribution in [1.29, 1.82) is 5.26 Å². The number of nitrogens with zero attached hydrogens (tertiary/aromatic N) is 2. The minimum atomic E-state index is -0.362. The van der Waals surface area contributed by atoms with E-state index in [0.717, 1.165) is 10.2 Å². The van der Waals surface area contributed by atoms with Crippen molar-refractivity contribution >= 4 is 38.9 Å². The highest BCUT2D eigenvalue weighted by molar-refractivity contribution is 9.10. The van der Waals surface area contributed by atoms with Crippen LogP contribution >= 0.6 is 27.3 Å². The summed E-state index contributed by atoms with van der Waals surface area (Å²) >= 11 is 4.65. The fourth-order valence-corrected chi connectivity index (χ4v) is 2.54. The van der Waals surface area contributed by atoms with Gasteiger partial charge in [-0.3, -0.25) is 0 Å². The van der Waals surface area contributed by atoms with Gasteiger partial charge in [0.05, 0.1) is 5.57 Å². The summed E-state index contributed by atoms with van der Waals surface area (Å²) in [6, 6.07) is 6.66. The summed E-state index contributed by atoms with van der Waals surface area (Å²) in [7, 11) is 0. The van der Waals surface area contributed by atoms with E-state index in [1.165, 1.54) is 23.5 Å². The molecule has 0 aliphatic carbocycles. The average molecular weight is 323 g/mol. The molecule has 0 bridgehead atoms. The van der Waals surface area contributed by atoms with Gasteiger partial charge in [0.2, 0.25) is 0 Å². The molecule has 1 heterocycles. The fourth-order valence-electron chi connectivity index (χ4n) is 1.40. The molecule has 0 amide bonds. The van der Waals surface area contributed by atoms with Gasteiger partial charge in [0, 0.05) is 21.1 Å². The van der Waals surface area contributed by atoms with Crippen LogP contribution in [0.1, 0.15) is 16.3 Å². The number of nitriles is 1. The van der Waals surface area contributed by atoms with Crippen molar-refractivity contribution in [2.24, 2.45) is 0 Å². The van der Waals surface area contributed by atoms with E-state index in [9.17, 15) is 4.39 Å². The van der Waals surface area contributed by atoms with Crippen LogP contribution in [-0.4, -0.2) is 4.98 Å². The Balaban J connectivity index is 2.48. The van der Waals surface area contributed by atoms with Crippen LogP contribution in [0.3, 0.4) is 0 Å². The standard InChI is InChI=1S/C13H8BrFN2S/c1-8-7-18-13(17-8)10(6-16)4-9-5-11(14)2-3-12(9)15/h2-5,7H,1H3/b10-4+. The number of halogens is 2. The molecule has 2 aromatic rings. The van der Waals surface area contributed by atoms with Crippen molar-refractivity contribution < 1.29 is 4.39 Å². The first kappa shape index (κ1) is 12.9. The highest BCUT2D eigenvalue weighted by Crippen LogP contribution is 2.24. The Labute approximate surface area is 117 Å². The first-order chi connectivity index (χ1) is 8.60. The van der Waals surface area contributed by atoms with E-state index in [4.69, 9.17) is 5.26 Å². The lowest BCUT2D eigenvalue weighted by Crippen LogP contribution is -1.85. The Kier molecular flexibility index (Phi) is 3.90. The first-order valence-electron chi connectivity index (χ1n) is 5.09. The molecule has 0 N–H and O–H groups in total. The van der Waals surface area contributed by atoms with Crippen molar-refractivity contribution in [1.82, 2.24) is 4.98 Å². The second-order valence-electron chi connectivity index (χ2n) is 3.63. The maximum atomic E-state index is 13.6. The lowest BCUT2D eigenvalue weighted by Gasteiger charge is -1.99. The van der Waals surface area contributed by atoms with Crippen molar-refractivity contribution in [3.63, 3.8) is 0 Å². The second kappa shape index (κ2) is 5.42. The van der Waals surface area contributed by atoms with Gasteiger partial charge >= 0.3 is 0 Å². The van der Waals surface area contributed by atoms with E-state index in [1.807, 2.05) is 12.3 Å². The van der Waals surface area contributed by atoms with E-state index < -0.39 is 0 Å². The van der Waals surface area contributed by atoms with Gasteiger partial charge in [-0.2, -0.15) is 5.26 Å². The van der Waals surface area contributed by atoms with E-state index in [2.05, 4.69) is 27.0 Å². The third kappa shape index (κ3) is 2.84.